The fraction of sp³-hybridized carbons (Fsp3) is 0.333. The van der Waals surface area contributed by atoms with Crippen LogP contribution in [0, 0.1) is 5.82 Å². The number of carbonyl (C=O) groups excluding carboxylic acids is 2. The van der Waals surface area contributed by atoms with Crippen molar-refractivity contribution in [3.8, 4) is 0 Å². The molecule has 1 N–H and O–H groups in total. The van der Waals surface area contributed by atoms with Gasteiger partial charge in [0.05, 0.1) is 11.3 Å². The molecule has 5 nitrogen and oxygen atoms in total. The number of nitrogens with zero attached hydrogens (tertiary/aromatic N) is 2. The van der Waals surface area contributed by atoms with Crippen LogP contribution in [0.15, 0.2) is 42.5 Å². The number of piperidine rings is 1. The van der Waals surface area contributed by atoms with Gasteiger partial charge in [-0.05, 0) is 68.7 Å². The van der Waals surface area contributed by atoms with Gasteiger partial charge in [-0.1, -0.05) is 0 Å². The van der Waals surface area contributed by atoms with Crippen LogP contribution in [0.2, 0.25) is 0 Å². The number of hydrogen-bond donors (Lipinski definition) is 1. The first-order valence-electron chi connectivity index (χ1n) is 9.37. The highest BCUT2D eigenvalue weighted by Gasteiger charge is 2.38. The van der Waals surface area contributed by atoms with E-state index in [1.807, 2.05) is 4.90 Å². The third kappa shape index (κ3) is 3.16. The normalized spacial score (nSPS) is 18.7. The molecule has 1 atom stereocenters. The summed E-state index contributed by atoms with van der Waals surface area (Å²) < 4.78 is 13.0. The maximum Gasteiger partial charge on any atom is 0.257 e. The van der Waals surface area contributed by atoms with Crippen LogP contribution in [-0.4, -0.2) is 36.0 Å². The lowest BCUT2D eigenvalue weighted by molar-refractivity contribution is 0.0582. The van der Waals surface area contributed by atoms with Gasteiger partial charge in [0.15, 0.2) is 0 Å². The number of halogens is 1. The average Bonchev–Trinajstić information content (AvgIpc) is 2.70. The van der Waals surface area contributed by atoms with Gasteiger partial charge in [0.25, 0.3) is 11.8 Å². The minimum atomic E-state index is -0.351. The summed E-state index contributed by atoms with van der Waals surface area (Å²) in [6, 6.07) is 10.9. The Balaban J connectivity index is 1.65. The highest BCUT2D eigenvalue weighted by atomic mass is 19.1. The van der Waals surface area contributed by atoms with E-state index in [9.17, 15) is 14.0 Å². The zero-order chi connectivity index (χ0) is 19.0. The van der Waals surface area contributed by atoms with Crippen molar-refractivity contribution in [3.63, 3.8) is 0 Å². The average molecular weight is 367 g/mol. The highest BCUT2D eigenvalue weighted by Crippen LogP contribution is 2.35. The Morgan fingerprint density at radius 1 is 1.19 bits per heavy atom. The number of amides is 2. The van der Waals surface area contributed by atoms with Crippen molar-refractivity contribution >= 4 is 23.2 Å². The molecule has 0 spiro atoms. The van der Waals surface area contributed by atoms with Crippen LogP contribution in [0.4, 0.5) is 15.8 Å². The lowest BCUT2D eigenvalue weighted by Crippen LogP contribution is -2.57. The van der Waals surface area contributed by atoms with Gasteiger partial charge in [-0.15, -0.1) is 0 Å². The maximum atomic E-state index is 13.0. The van der Waals surface area contributed by atoms with Crippen molar-refractivity contribution in [2.45, 2.75) is 32.4 Å². The van der Waals surface area contributed by atoms with Crippen molar-refractivity contribution in [3.05, 3.63) is 59.4 Å². The molecule has 4 rings (SSSR count). The van der Waals surface area contributed by atoms with Crippen LogP contribution in [0.1, 0.15) is 46.9 Å². The van der Waals surface area contributed by atoms with Crippen LogP contribution in [-0.2, 0) is 0 Å². The van der Waals surface area contributed by atoms with Crippen LogP contribution < -0.4 is 10.2 Å². The predicted molar refractivity (Wildman–Crippen MR) is 102 cm³/mol. The molecular formula is C21H22FN3O2. The Bertz CT molecular complexity index is 881. The Morgan fingerprint density at radius 2 is 1.96 bits per heavy atom. The van der Waals surface area contributed by atoms with E-state index in [0.29, 0.717) is 16.8 Å². The summed E-state index contributed by atoms with van der Waals surface area (Å²) in [6.45, 7) is 3.62. The zero-order valence-corrected chi connectivity index (χ0v) is 15.2. The van der Waals surface area contributed by atoms with Crippen LogP contribution in [0.3, 0.4) is 0 Å². The van der Waals surface area contributed by atoms with E-state index in [0.717, 1.165) is 38.0 Å². The van der Waals surface area contributed by atoms with Gasteiger partial charge in [0.1, 0.15) is 12.0 Å². The van der Waals surface area contributed by atoms with Gasteiger partial charge in [0.2, 0.25) is 0 Å². The molecule has 0 aliphatic carbocycles. The second-order valence-electron chi connectivity index (χ2n) is 6.95. The van der Waals surface area contributed by atoms with Crippen molar-refractivity contribution in [2.75, 3.05) is 23.3 Å². The van der Waals surface area contributed by atoms with E-state index in [-0.39, 0.29) is 23.8 Å². The molecule has 6 heteroatoms. The van der Waals surface area contributed by atoms with Gasteiger partial charge >= 0.3 is 0 Å². The number of benzene rings is 2. The summed E-state index contributed by atoms with van der Waals surface area (Å²) in [7, 11) is 0. The lowest BCUT2D eigenvalue weighted by Gasteiger charge is -2.47. The first-order valence-corrected chi connectivity index (χ1v) is 9.37. The Labute approximate surface area is 157 Å². The fourth-order valence-electron chi connectivity index (χ4n) is 4.00. The van der Waals surface area contributed by atoms with E-state index in [1.54, 1.807) is 18.2 Å². The summed E-state index contributed by atoms with van der Waals surface area (Å²) in [5.41, 5.74) is 2.47. The summed E-state index contributed by atoms with van der Waals surface area (Å²) in [6.07, 6.45) is 3.16. The van der Waals surface area contributed by atoms with Crippen molar-refractivity contribution < 1.29 is 14.0 Å². The summed E-state index contributed by atoms with van der Waals surface area (Å²) >= 11 is 0. The van der Waals surface area contributed by atoms with Gasteiger partial charge in [-0.2, -0.15) is 0 Å². The lowest BCUT2D eigenvalue weighted by atomic mass is 9.97. The van der Waals surface area contributed by atoms with E-state index in [1.165, 1.54) is 24.3 Å². The van der Waals surface area contributed by atoms with Gasteiger partial charge < -0.3 is 15.1 Å². The van der Waals surface area contributed by atoms with Crippen LogP contribution >= 0.6 is 0 Å². The molecule has 1 fully saturated rings. The van der Waals surface area contributed by atoms with Crippen molar-refractivity contribution in [1.29, 1.82) is 0 Å². The van der Waals surface area contributed by atoms with E-state index < -0.39 is 0 Å². The first-order chi connectivity index (χ1) is 13.1. The minimum Gasteiger partial charge on any atom is -0.351 e. The molecule has 2 aromatic carbocycles. The molecular weight excluding hydrogens is 345 g/mol. The maximum absolute atomic E-state index is 13.0. The molecule has 2 heterocycles. The molecule has 0 radical (unpaired) electrons. The number of nitrogens with one attached hydrogen (secondary N) is 1. The zero-order valence-electron chi connectivity index (χ0n) is 15.2. The first kappa shape index (κ1) is 17.5. The standard InChI is InChI=1S/C21H22FN3O2/c1-2-24-18-13-14(20(26)23-16-9-7-15(22)8-10-16)6-11-17(18)21(27)25-12-4-3-5-19(24)25/h6-11,13,19H,2-5,12H2,1H3,(H,23,26)/t19-/m0/s1. The monoisotopic (exact) mass is 367 g/mol. The van der Waals surface area contributed by atoms with Crippen molar-refractivity contribution in [1.82, 2.24) is 4.90 Å². The van der Waals surface area contributed by atoms with E-state index in [2.05, 4.69) is 17.1 Å². The molecule has 0 bridgehead atoms. The molecule has 0 saturated carbocycles. The minimum absolute atomic E-state index is 0.0462. The summed E-state index contributed by atoms with van der Waals surface area (Å²) in [5, 5.41) is 2.77. The number of hydrogen-bond acceptors (Lipinski definition) is 3. The highest BCUT2D eigenvalue weighted by molar-refractivity contribution is 6.08. The summed E-state index contributed by atoms with van der Waals surface area (Å²) in [4.78, 5) is 29.7. The molecule has 2 aliphatic rings. The second-order valence-corrected chi connectivity index (χ2v) is 6.95. The predicted octanol–water partition coefficient (Wildman–Crippen LogP) is 3.87. The number of anilines is 2. The largest absolute Gasteiger partial charge is 0.351 e. The SMILES string of the molecule is CCN1c2cc(C(=O)Nc3ccc(F)cc3)ccc2C(=O)N2CCCC[C@H]21. The van der Waals surface area contributed by atoms with Crippen LogP contribution in [0.25, 0.3) is 0 Å². The number of fused-ring (bicyclic) bond motifs is 2. The number of carbonyl (C=O) groups is 2. The van der Waals surface area contributed by atoms with Gasteiger partial charge in [-0.3, -0.25) is 9.59 Å². The second kappa shape index (κ2) is 7.02. The topological polar surface area (TPSA) is 52.7 Å². The van der Waals surface area contributed by atoms with Crippen LogP contribution in [0.5, 0.6) is 0 Å². The summed E-state index contributed by atoms with van der Waals surface area (Å²) in [5.74, 6) is -0.584. The Kier molecular flexibility index (Phi) is 4.56. The Morgan fingerprint density at radius 3 is 2.70 bits per heavy atom. The molecule has 2 aliphatic heterocycles. The van der Waals surface area contributed by atoms with Gasteiger partial charge in [0, 0.05) is 24.3 Å². The van der Waals surface area contributed by atoms with Crippen molar-refractivity contribution in [2.24, 2.45) is 0 Å². The third-order valence-electron chi connectivity index (χ3n) is 5.33. The molecule has 0 aromatic heterocycles. The van der Waals surface area contributed by atoms with E-state index in [4.69, 9.17) is 0 Å². The van der Waals surface area contributed by atoms with Gasteiger partial charge in [-0.25, -0.2) is 4.39 Å². The number of rotatable bonds is 3. The smallest absolute Gasteiger partial charge is 0.257 e. The third-order valence-corrected chi connectivity index (χ3v) is 5.33. The molecule has 1 saturated heterocycles. The molecule has 27 heavy (non-hydrogen) atoms. The quantitative estimate of drug-likeness (QED) is 0.896. The molecule has 140 valence electrons. The molecule has 2 aromatic rings. The molecule has 2 amide bonds. The Hall–Kier alpha value is -2.89. The fourth-order valence-corrected chi connectivity index (χ4v) is 4.00. The van der Waals surface area contributed by atoms with E-state index >= 15 is 0 Å². The molecule has 0 unspecified atom stereocenters.